The fourth-order valence-electron chi connectivity index (χ4n) is 3.16. The fourth-order valence-corrected chi connectivity index (χ4v) is 3.73. The van der Waals surface area contributed by atoms with Crippen molar-refractivity contribution in [1.82, 2.24) is 9.88 Å². The fraction of sp³-hybridized carbons (Fsp3) is 0.316. The molecule has 1 aliphatic heterocycles. The Kier molecular flexibility index (Phi) is 6.17. The molecule has 0 unspecified atom stereocenters. The topological polar surface area (TPSA) is 50.3 Å². The standard InChI is InChI=1S/C19H17Cl3N2O2/c20-13-4-5-14(23-11-13)10-17(25)19(26)24-8-6-12(7-9-24)15-2-1-3-16(21)18(15)22/h1-5,11-12H,6-10H2. The number of ketones is 1. The molecule has 0 spiro atoms. The van der Waals surface area contributed by atoms with Crippen molar-refractivity contribution >= 4 is 46.5 Å². The van der Waals surface area contributed by atoms with Crippen LogP contribution in [0.2, 0.25) is 15.1 Å². The van der Waals surface area contributed by atoms with Gasteiger partial charge in [0.1, 0.15) is 0 Å². The summed E-state index contributed by atoms with van der Waals surface area (Å²) in [6.07, 6.45) is 2.95. The summed E-state index contributed by atoms with van der Waals surface area (Å²) in [4.78, 5) is 30.3. The molecule has 136 valence electrons. The maximum atomic E-state index is 12.4. The van der Waals surface area contributed by atoms with Crippen LogP contribution in [0.1, 0.15) is 30.0 Å². The van der Waals surface area contributed by atoms with Crippen molar-refractivity contribution in [3.05, 3.63) is 62.9 Å². The smallest absolute Gasteiger partial charge is 0.290 e. The molecule has 4 nitrogen and oxygen atoms in total. The number of rotatable bonds is 4. The molecule has 26 heavy (non-hydrogen) atoms. The van der Waals surface area contributed by atoms with E-state index in [4.69, 9.17) is 34.8 Å². The Labute approximate surface area is 167 Å². The van der Waals surface area contributed by atoms with Gasteiger partial charge >= 0.3 is 0 Å². The van der Waals surface area contributed by atoms with Gasteiger partial charge in [-0.3, -0.25) is 14.6 Å². The zero-order valence-corrected chi connectivity index (χ0v) is 16.2. The number of carbonyl (C=O) groups is 2. The Morgan fingerprint density at radius 1 is 1.08 bits per heavy atom. The molecule has 0 atom stereocenters. The van der Waals surface area contributed by atoms with Crippen molar-refractivity contribution < 1.29 is 9.59 Å². The Bertz CT molecular complexity index is 816. The van der Waals surface area contributed by atoms with Gasteiger partial charge in [0, 0.05) is 25.0 Å². The SMILES string of the molecule is O=C(Cc1ccc(Cl)cn1)C(=O)N1CCC(c2cccc(Cl)c2Cl)CC1. The third-order valence-electron chi connectivity index (χ3n) is 4.57. The number of carbonyl (C=O) groups excluding carboxylic acids is 2. The van der Waals surface area contributed by atoms with Crippen molar-refractivity contribution in [3.63, 3.8) is 0 Å². The van der Waals surface area contributed by atoms with E-state index >= 15 is 0 Å². The number of piperidine rings is 1. The molecule has 1 fully saturated rings. The lowest BCUT2D eigenvalue weighted by molar-refractivity contribution is -0.145. The van der Waals surface area contributed by atoms with E-state index in [0.717, 1.165) is 18.4 Å². The minimum absolute atomic E-state index is 0.0178. The summed E-state index contributed by atoms with van der Waals surface area (Å²) in [7, 11) is 0. The van der Waals surface area contributed by atoms with E-state index in [0.29, 0.717) is 33.9 Å². The average molecular weight is 412 g/mol. The van der Waals surface area contributed by atoms with Gasteiger partial charge in [-0.1, -0.05) is 46.9 Å². The van der Waals surface area contributed by atoms with E-state index in [1.165, 1.54) is 6.20 Å². The molecule has 1 aliphatic rings. The van der Waals surface area contributed by atoms with E-state index in [1.807, 2.05) is 12.1 Å². The molecule has 1 saturated heterocycles. The zero-order valence-electron chi connectivity index (χ0n) is 13.9. The van der Waals surface area contributed by atoms with Crippen molar-refractivity contribution in [1.29, 1.82) is 0 Å². The molecule has 1 aromatic heterocycles. The second-order valence-corrected chi connectivity index (χ2v) is 7.50. The number of likely N-dealkylation sites (tertiary alicyclic amines) is 1. The second-order valence-electron chi connectivity index (χ2n) is 6.28. The highest BCUT2D eigenvalue weighted by Gasteiger charge is 2.28. The van der Waals surface area contributed by atoms with Crippen LogP contribution in [0.3, 0.4) is 0 Å². The molecule has 0 radical (unpaired) electrons. The normalized spacial score (nSPS) is 15.1. The number of benzene rings is 1. The van der Waals surface area contributed by atoms with Crippen LogP contribution in [-0.2, 0) is 16.0 Å². The number of aromatic nitrogens is 1. The minimum Gasteiger partial charge on any atom is -0.336 e. The summed E-state index contributed by atoms with van der Waals surface area (Å²) in [6, 6.07) is 8.91. The Morgan fingerprint density at radius 2 is 1.81 bits per heavy atom. The molecule has 1 aromatic carbocycles. The third-order valence-corrected chi connectivity index (χ3v) is 5.63. The van der Waals surface area contributed by atoms with E-state index < -0.39 is 11.7 Å². The van der Waals surface area contributed by atoms with Crippen molar-refractivity contribution in [3.8, 4) is 0 Å². The molecule has 0 bridgehead atoms. The van der Waals surface area contributed by atoms with Crippen LogP contribution in [-0.4, -0.2) is 34.7 Å². The average Bonchev–Trinajstić information content (AvgIpc) is 2.65. The van der Waals surface area contributed by atoms with E-state index in [1.54, 1.807) is 23.1 Å². The highest BCUT2D eigenvalue weighted by molar-refractivity contribution is 6.42. The van der Waals surface area contributed by atoms with Crippen LogP contribution in [0.4, 0.5) is 0 Å². The number of hydrogen-bond acceptors (Lipinski definition) is 3. The second kappa shape index (κ2) is 8.38. The van der Waals surface area contributed by atoms with Gasteiger partial charge in [0.25, 0.3) is 5.91 Å². The number of amides is 1. The first-order valence-corrected chi connectivity index (χ1v) is 9.45. The molecular formula is C19H17Cl3N2O2. The number of hydrogen-bond donors (Lipinski definition) is 0. The molecule has 0 saturated carbocycles. The largest absolute Gasteiger partial charge is 0.336 e. The van der Waals surface area contributed by atoms with Crippen LogP contribution >= 0.6 is 34.8 Å². The van der Waals surface area contributed by atoms with Gasteiger partial charge in [0.15, 0.2) is 0 Å². The lowest BCUT2D eigenvalue weighted by Crippen LogP contribution is -2.42. The predicted molar refractivity (Wildman–Crippen MR) is 103 cm³/mol. The lowest BCUT2D eigenvalue weighted by atomic mass is 9.89. The molecule has 2 heterocycles. The first-order valence-electron chi connectivity index (χ1n) is 8.32. The molecule has 0 N–H and O–H groups in total. The monoisotopic (exact) mass is 410 g/mol. The molecule has 3 rings (SSSR count). The number of nitrogens with zero attached hydrogens (tertiary/aromatic N) is 2. The van der Waals surface area contributed by atoms with E-state index in [2.05, 4.69) is 4.98 Å². The highest BCUT2D eigenvalue weighted by Crippen LogP contribution is 2.36. The van der Waals surface area contributed by atoms with Crippen LogP contribution in [0.15, 0.2) is 36.5 Å². The number of Topliss-reactive ketones (excluding diaryl/α,β-unsaturated/α-hetero) is 1. The van der Waals surface area contributed by atoms with Crippen LogP contribution in [0.25, 0.3) is 0 Å². The number of halogens is 3. The van der Waals surface area contributed by atoms with Crippen LogP contribution in [0.5, 0.6) is 0 Å². The first kappa shape index (κ1) is 19.2. The number of pyridine rings is 1. The first-order chi connectivity index (χ1) is 12.5. The summed E-state index contributed by atoms with van der Waals surface area (Å²) < 4.78 is 0. The summed E-state index contributed by atoms with van der Waals surface area (Å²) in [5.41, 5.74) is 1.54. The summed E-state index contributed by atoms with van der Waals surface area (Å²) in [6.45, 7) is 1.04. The summed E-state index contributed by atoms with van der Waals surface area (Å²) in [5, 5.41) is 1.60. The van der Waals surface area contributed by atoms with Gasteiger partial charge in [-0.15, -0.1) is 0 Å². The minimum atomic E-state index is -0.461. The van der Waals surface area contributed by atoms with Gasteiger partial charge in [-0.25, -0.2) is 0 Å². The molecule has 2 aromatic rings. The van der Waals surface area contributed by atoms with Gasteiger partial charge < -0.3 is 4.90 Å². The maximum absolute atomic E-state index is 12.4. The molecule has 1 amide bonds. The van der Waals surface area contributed by atoms with E-state index in [9.17, 15) is 9.59 Å². The highest BCUT2D eigenvalue weighted by atomic mass is 35.5. The Balaban J connectivity index is 1.58. The third kappa shape index (κ3) is 4.37. The quantitative estimate of drug-likeness (QED) is 0.693. The van der Waals surface area contributed by atoms with Crippen molar-refractivity contribution in [2.45, 2.75) is 25.2 Å². The van der Waals surface area contributed by atoms with Gasteiger partial charge in [0.05, 0.1) is 21.5 Å². The van der Waals surface area contributed by atoms with E-state index in [-0.39, 0.29) is 12.3 Å². The Hall–Kier alpha value is -1.62. The van der Waals surface area contributed by atoms with Gasteiger partial charge in [-0.05, 0) is 42.5 Å². The van der Waals surface area contributed by atoms with Crippen molar-refractivity contribution in [2.75, 3.05) is 13.1 Å². The summed E-state index contributed by atoms with van der Waals surface area (Å²) in [5.74, 6) is -0.685. The van der Waals surface area contributed by atoms with Gasteiger partial charge in [-0.2, -0.15) is 0 Å². The maximum Gasteiger partial charge on any atom is 0.290 e. The van der Waals surface area contributed by atoms with Crippen molar-refractivity contribution in [2.24, 2.45) is 0 Å². The van der Waals surface area contributed by atoms with Crippen LogP contribution < -0.4 is 0 Å². The molecular weight excluding hydrogens is 395 g/mol. The lowest BCUT2D eigenvalue weighted by Gasteiger charge is -2.32. The van der Waals surface area contributed by atoms with Gasteiger partial charge in [0.2, 0.25) is 5.78 Å². The molecule has 0 aliphatic carbocycles. The Morgan fingerprint density at radius 3 is 2.46 bits per heavy atom. The zero-order chi connectivity index (χ0) is 18.7. The predicted octanol–water partition coefficient (Wildman–Crippen LogP) is 4.56. The van der Waals surface area contributed by atoms with Crippen LogP contribution in [0, 0.1) is 0 Å². The molecule has 7 heteroatoms. The summed E-state index contributed by atoms with van der Waals surface area (Å²) >= 11 is 18.2.